The second kappa shape index (κ2) is 11.8. The van der Waals surface area contributed by atoms with Crippen LogP contribution in [0.15, 0.2) is 48.8 Å². The van der Waals surface area contributed by atoms with Crippen LogP contribution < -0.4 is 15.3 Å². The standard InChI is InChI=1S/C26H34N5O8P/c1-15(23-21(32)22(33)24(38-23)19-10-11-20-25(27)28-14-29-31(19)20)12-37-40(35,39-18-6-4-3-5-7-18)30-16(2)26(34)36-13-17-8-9-17/h3-7,10-11,14-17,21-24,32-33H,8-9,12-13H2,1-2H3,(H,30,35)(H2,27,28,29)/t15-,16+,21+,22-,23?,24+,40-/m1/s1. The number of ether oxygens (including phenoxy) is 2. The zero-order valence-electron chi connectivity index (χ0n) is 22.2. The average Bonchev–Trinajstić information content (AvgIpc) is 3.60. The highest BCUT2D eigenvalue weighted by atomic mass is 31.2. The molecule has 1 aromatic carbocycles. The van der Waals surface area contributed by atoms with Crippen molar-refractivity contribution in [2.45, 2.75) is 57.1 Å². The first kappa shape index (κ1) is 28.5. The van der Waals surface area contributed by atoms with Crippen LogP contribution >= 0.6 is 7.75 Å². The molecule has 7 atom stereocenters. The Hall–Kier alpha value is -3.06. The molecule has 1 aliphatic carbocycles. The van der Waals surface area contributed by atoms with Gasteiger partial charge in [-0.15, -0.1) is 0 Å². The smallest absolute Gasteiger partial charge is 0.459 e. The number of nitrogens with zero attached hydrogens (tertiary/aromatic N) is 3. The van der Waals surface area contributed by atoms with Gasteiger partial charge in [0.1, 0.15) is 41.9 Å². The third kappa shape index (κ3) is 6.30. The largest absolute Gasteiger partial charge is 0.464 e. The van der Waals surface area contributed by atoms with Crippen molar-refractivity contribution in [3.63, 3.8) is 0 Å². The number of hydrogen-bond acceptors (Lipinski definition) is 11. The molecule has 2 aromatic heterocycles. The SMILES string of the molecule is C[C@H](N[P@@](=O)(OC[C@@H](C)C1O[C@@H](c2ccc3c(N)ncnn23)[C@H](O)[C@@H]1O)Oc1ccccc1)C(=O)OCC1CC1. The molecule has 0 bridgehead atoms. The fourth-order valence-electron chi connectivity index (χ4n) is 4.53. The summed E-state index contributed by atoms with van der Waals surface area (Å²) in [6, 6.07) is 10.8. The van der Waals surface area contributed by atoms with Crippen molar-refractivity contribution in [2.24, 2.45) is 11.8 Å². The highest BCUT2D eigenvalue weighted by molar-refractivity contribution is 7.52. The third-order valence-corrected chi connectivity index (χ3v) is 8.65. The van der Waals surface area contributed by atoms with Gasteiger partial charge < -0.3 is 29.9 Å². The number of nitrogens with two attached hydrogens (primary N) is 1. The minimum atomic E-state index is -4.10. The van der Waals surface area contributed by atoms with Crippen LogP contribution in [0.5, 0.6) is 5.75 Å². The van der Waals surface area contributed by atoms with Crippen LogP contribution in [-0.4, -0.2) is 68.3 Å². The van der Waals surface area contributed by atoms with Crippen molar-refractivity contribution in [3.8, 4) is 5.75 Å². The maximum absolute atomic E-state index is 13.8. The molecular formula is C26H34N5O8P. The Morgan fingerprint density at radius 3 is 2.67 bits per heavy atom. The van der Waals surface area contributed by atoms with Gasteiger partial charge in [0.15, 0.2) is 5.82 Å². The highest BCUT2D eigenvalue weighted by Crippen LogP contribution is 2.46. The van der Waals surface area contributed by atoms with Gasteiger partial charge in [-0.2, -0.15) is 10.2 Å². The number of carbonyl (C=O) groups excluding carboxylic acids is 1. The Morgan fingerprint density at radius 2 is 1.95 bits per heavy atom. The lowest BCUT2D eigenvalue weighted by molar-refractivity contribution is -0.145. The van der Waals surface area contributed by atoms with Crippen LogP contribution in [0, 0.1) is 11.8 Å². The molecule has 1 saturated heterocycles. The van der Waals surface area contributed by atoms with Crippen molar-refractivity contribution >= 4 is 25.1 Å². The summed E-state index contributed by atoms with van der Waals surface area (Å²) in [4.78, 5) is 16.4. The van der Waals surface area contributed by atoms with E-state index in [1.807, 2.05) is 0 Å². The summed E-state index contributed by atoms with van der Waals surface area (Å²) in [5.41, 5.74) is 6.94. The first-order valence-corrected chi connectivity index (χ1v) is 14.7. The molecule has 3 heterocycles. The summed E-state index contributed by atoms with van der Waals surface area (Å²) in [6.45, 7) is 3.38. The van der Waals surface area contributed by atoms with Crippen LogP contribution in [-0.2, 0) is 23.4 Å². The number of para-hydroxylation sites is 1. The van der Waals surface area contributed by atoms with Gasteiger partial charge in [0.2, 0.25) is 0 Å². The van der Waals surface area contributed by atoms with E-state index < -0.39 is 50.1 Å². The van der Waals surface area contributed by atoms with Gasteiger partial charge in [-0.1, -0.05) is 25.1 Å². The average molecular weight is 576 g/mol. The molecule has 2 aliphatic rings. The lowest BCUT2D eigenvalue weighted by Crippen LogP contribution is -2.38. The minimum absolute atomic E-state index is 0.188. The van der Waals surface area contributed by atoms with E-state index >= 15 is 0 Å². The summed E-state index contributed by atoms with van der Waals surface area (Å²) in [5, 5.41) is 28.5. The molecule has 0 spiro atoms. The summed E-state index contributed by atoms with van der Waals surface area (Å²) >= 11 is 0. The fourth-order valence-corrected chi connectivity index (χ4v) is 6.12. The number of aliphatic hydroxyl groups excluding tert-OH is 2. The van der Waals surface area contributed by atoms with Gasteiger partial charge in [0, 0.05) is 5.92 Å². The molecule has 1 aliphatic heterocycles. The van der Waals surface area contributed by atoms with Gasteiger partial charge in [-0.05, 0) is 49.9 Å². The molecule has 3 aromatic rings. The predicted octanol–water partition coefficient (Wildman–Crippen LogP) is 2.24. The van der Waals surface area contributed by atoms with E-state index in [0.29, 0.717) is 23.7 Å². The fraction of sp³-hybridized carbons (Fsp3) is 0.500. The Morgan fingerprint density at radius 1 is 1.20 bits per heavy atom. The maximum atomic E-state index is 13.8. The molecule has 0 radical (unpaired) electrons. The number of fused-ring (bicyclic) bond motifs is 1. The van der Waals surface area contributed by atoms with Crippen LogP contribution in [0.3, 0.4) is 0 Å². The van der Waals surface area contributed by atoms with Crippen molar-refractivity contribution < 1.29 is 38.1 Å². The topological polar surface area (TPSA) is 180 Å². The quantitative estimate of drug-likeness (QED) is 0.183. The van der Waals surface area contributed by atoms with E-state index in [-0.39, 0.29) is 18.2 Å². The van der Waals surface area contributed by atoms with Crippen LogP contribution in [0.2, 0.25) is 0 Å². The lowest BCUT2D eigenvalue weighted by atomic mass is 9.98. The van der Waals surface area contributed by atoms with Gasteiger partial charge in [0.25, 0.3) is 0 Å². The number of aliphatic hydroxyl groups is 2. The molecule has 5 N–H and O–H groups in total. The molecule has 14 heteroatoms. The molecule has 1 saturated carbocycles. The summed E-state index contributed by atoms with van der Waals surface area (Å²) in [6.07, 6.45) is -0.989. The third-order valence-electron chi connectivity index (χ3n) is 7.00. The second-order valence-electron chi connectivity index (χ2n) is 10.3. The minimum Gasteiger partial charge on any atom is -0.464 e. The first-order chi connectivity index (χ1) is 19.1. The maximum Gasteiger partial charge on any atom is 0.459 e. The number of aromatic nitrogens is 3. The van der Waals surface area contributed by atoms with Crippen molar-refractivity contribution in [1.82, 2.24) is 19.7 Å². The number of esters is 1. The Labute approximate surface area is 231 Å². The van der Waals surface area contributed by atoms with Gasteiger partial charge in [0.05, 0.1) is 25.0 Å². The zero-order valence-corrected chi connectivity index (χ0v) is 23.1. The molecule has 40 heavy (non-hydrogen) atoms. The molecule has 2 fully saturated rings. The first-order valence-electron chi connectivity index (χ1n) is 13.2. The lowest BCUT2D eigenvalue weighted by Gasteiger charge is -2.26. The zero-order chi connectivity index (χ0) is 28.4. The van der Waals surface area contributed by atoms with E-state index in [9.17, 15) is 19.6 Å². The van der Waals surface area contributed by atoms with Crippen molar-refractivity contribution in [3.05, 3.63) is 54.5 Å². The van der Waals surface area contributed by atoms with Crippen molar-refractivity contribution in [2.75, 3.05) is 18.9 Å². The van der Waals surface area contributed by atoms with E-state index in [4.69, 9.17) is 24.3 Å². The molecule has 0 amide bonds. The van der Waals surface area contributed by atoms with Gasteiger partial charge in [-0.3, -0.25) is 9.32 Å². The monoisotopic (exact) mass is 575 g/mol. The van der Waals surface area contributed by atoms with E-state index in [1.165, 1.54) is 17.8 Å². The molecule has 216 valence electrons. The van der Waals surface area contributed by atoms with E-state index in [1.54, 1.807) is 49.4 Å². The number of rotatable bonds is 12. The Kier molecular flexibility index (Phi) is 8.41. The van der Waals surface area contributed by atoms with Gasteiger partial charge >= 0.3 is 13.7 Å². The molecule has 13 nitrogen and oxygen atoms in total. The Bertz CT molecular complexity index is 1370. The molecular weight excluding hydrogens is 541 g/mol. The summed E-state index contributed by atoms with van der Waals surface area (Å²) in [7, 11) is -4.10. The number of benzene rings is 1. The number of nitrogen functional groups attached to an aromatic ring is 1. The summed E-state index contributed by atoms with van der Waals surface area (Å²) < 4.78 is 38.1. The normalized spacial score (nSPS) is 25.8. The van der Waals surface area contributed by atoms with E-state index in [2.05, 4.69) is 15.2 Å². The second-order valence-corrected chi connectivity index (χ2v) is 12.0. The van der Waals surface area contributed by atoms with E-state index in [0.717, 1.165) is 12.8 Å². The number of anilines is 1. The number of carbonyl (C=O) groups is 1. The number of hydrogen-bond donors (Lipinski definition) is 4. The summed E-state index contributed by atoms with van der Waals surface area (Å²) in [5.74, 6) is -0.192. The van der Waals surface area contributed by atoms with Crippen LogP contribution in [0.4, 0.5) is 5.82 Å². The highest BCUT2D eigenvalue weighted by Gasteiger charge is 2.47. The van der Waals surface area contributed by atoms with Crippen LogP contribution in [0.1, 0.15) is 38.5 Å². The predicted molar refractivity (Wildman–Crippen MR) is 143 cm³/mol. The molecule has 5 rings (SSSR count). The molecule has 1 unspecified atom stereocenters. The van der Waals surface area contributed by atoms with Crippen LogP contribution in [0.25, 0.3) is 5.52 Å². The number of nitrogens with one attached hydrogen (secondary N) is 1. The Balaban J connectivity index is 1.27. The van der Waals surface area contributed by atoms with Crippen molar-refractivity contribution in [1.29, 1.82) is 0 Å². The van der Waals surface area contributed by atoms with Gasteiger partial charge in [-0.25, -0.2) is 14.1 Å².